The number of aryl methyl sites for hydroxylation is 2. The monoisotopic (exact) mass is 216 g/mol. The molecule has 0 aliphatic rings. The Morgan fingerprint density at radius 3 is 1.75 bits per heavy atom. The first-order valence-electron chi connectivity index (χ1n) is 5.61. The van der Waals surface area contributed by atoms with Gasteiger partial charge < -0.3 is 0 Å². The van der Waals surface area contributed by atoms with Gasteiger partial charge in [0.25, 0.3) is 0 Å². The highest BCUT2D eigenvalue weighted by Gasteiger charge is 2.02. The average molecular weight is 216 g/mol. The van der Waals surface area contributed by atoms with Crippen LogP contribution >= 0.6 is 0 Å². The second kappa shape index (κ2) is 6.32. The fraction of sp³-hybridized carbons (Fsp3) is 0.375. The number of rotatable bonds is 1. The van der Waals surface area contributed by atoms with Crippen molar-refractivity contribution in [1.82, 2.24) is 0 Å². The van der Waals surface area contributed by atoms with Crippen LogP contribution in [0.5, 0.6) is 0 Å². The van der Waals surface area contributed by atoms with E-state index in [2.05, 4.69) is 53.0 Å². The van der Waals surface area contributed by atoms with Crippen molar-refractivity contribution < 1.29 is 0 Å². The topological polar surface area (TPSA) is 0 Å². The van der Waals surface area contributed by atoms with Crippen molar-refractivity contribution >= 4 is 5.57 Å². The van der Waals surface area contributed by atoms with Gasteiger partial charge in [-0.3, -0.25) is 0 Å². The lowest BCUT2D eigenvalue weighted by atomic mass is 9.96. The van der Waals surface area contributed by atoms with Crippen molar-refractivity contribution in [2.75, 3.05) is 0 Å². The largest absolute Gasteiger partial charge is 0.100 e. The minimum absolute atomic E-state index is 1.15. The van der Waals surface area contributed by atoms with E-state index in [0.29, 0.717) is 0 Å². The second-order valence-electron chi connectivity index (χ2n) is 4.74. The normalized spacial score (nSPS) is 9.12. The van der Waals surface area contributed by atoms with Crippen LogP contribution in [0, 0.1) is 20.8 Å². The van der Waals surface area contributed by atoms with Crippen molar-refractivity contribution in [3.8, 4) is 0 Å². The van der Waals surface area contributed by atoms with Crippen LogP contribution in [-0.2, 0) is 0 Å². The summed E-state index contributed by atoms with van der Waals surface area (Å²) in [4.78, 5) is 0. The predicted octanol–water partition coefficient (Wildman–Crippen LogP) is 5.23. The summed E-state index contributed by atoms with van der Waals surface area (Å²) in [5.74, 6) is 0. The summed E-state index contributed by atoms with van der Waals surface area (Å²) in [6.07, 6.45) is 0. The number of benzene rings is 1. The molecule has 1 aromatic carbocycles. The number of hydrogen-bond donors (Lipinski definition) is 0. The highest BCUT2D eigenvalue weighted by molar-refractivity contribution is 5.66. The molecule has 0 saturated heterocycles. The SMILES string of the molecule is C=C(C)C.C=C(C)c1cc(C)cc(C)c1C. The van der Waals surface area contributed by atoms with E-state index in [4.69, 9.17) is 0 Å². The van der Waals surface area contributed by atoms with Crippen LogP contribution in [0.2, 0.25) is 0 Å². The maximum Gasteiger partial charge on any atom is -0.0199 e. The zero-order valence-electron chi connectivity index (χ0n) is 11.6. The molecule has 0 nitrogen and oxygen atoms in total. The minimum atomic E-state index is 1.15. The average Bonchev–Trinajstić information content (AvgIpc) is 2.09. The predicted molar refractivity (Wildman–Crippen MR) is 75.8 cm³/mol. The summed E-state index contributed by atoms with van der Waals surface area (Å²) in [7, 11) is 0. The van der Waals surface area contributed by atoms with Crippen molar-refractivity contribution in [2.45, 2.75) is 41.5 Å². The van der Waals surface area contributed by atoms with Crippen LogP contribution in [0.4, 0.5) is 0 Å². The smallest absolute Gasteiger partial charge is 0.0199 e. The van der Waals surface area contributed by atoms with Gasteiger partial charge in [-0.15, -0.1) is 6.58 Å². The van der Waals surface area contributed by atoms with E-state index in [-0.39, 0.29) is 0 Å². The van der Waals surface area contributed by atoms with Gasteiger partial charge >= 0.3 is 0 Å². The van der Waals surface area contributed by atoms with Crippen LogP contribution in [0.25, 0.3) is 5.57 Å². The number of hydrogen-bond acceptors (Lipinski definition) is 0. The van der Waals surface area contributed by atoms with E-state index in [1.54, 1.807) is 0 Å². The van der Waals surface area contributed by atoms with Crippen molar-refractivity contribution in [3.05, 3.63) is 53.1 Å². The molecule has 0 fully saturated rings. The van der Waals surface area contributed by atoms with Crippen LogP contribution in [-0.4, -0.2) is 0 Å². The van der Waals surface area contributed by atoms with Crippen LogP contribution in [0.1, 0.15) is 43.0 Å². The second-order valence-corrected chi connectivity index (χ2v) is 4.74. The van der Waals surface area contributed by atoms with Gasteiger partial charge in [0.1, 0.15) is 0 Å². The summed E-state index contributed by atoms with van der Waals surface area (Å²) >= 11 is 0. The lowest BCUT2D eigenvalue weighted by Gasteiger charge is -2.09. The molecule has 0 bridgehead atoms. The summed E-state index contributed by atoms with van der Waals surface area (Å²) in [5, 5.41) is 0. The first-order chi connectivity index (χ1) is 7.25. The van der Waals surface area contributed by atoms with Crippen LogP contribution in [0.3, 0.4) is 0 Å². The molecular weight excluding hydrogens is 192 g/mol. The molecule has 0 unspecified atom stereocenters. The molecule has 0 radical (unpaired) electrons. The third-order valence-electron chi connectivity index (χ3n) is 2.27. The molecule has 0 atom stereocenters. The highest BCUT2D eigenvalue weighted by atomic mass is 14.1. The van der Waals surface area contributed by atoms with Crippen LogP contribution in [0.15, 0.2) is 30.9 Å². The van der Waals surface area contributed by atoms with Gasteiger partial charge in [-0.1, -0.05) is 35.4 Å². The maximum atomic E-state index is 3.97. The third-order valence-corrected chi connectivity index (χ3v) is 2.27. The van der Waals surface area contributed by atoms with Gasteiger partial charge in [0, 0.05) is 0 Å². The lowest BCUT2D eigenvalue weighted by Crippen LogP contribution is -1.90. The van der Waals surface area contributed by atoms with E-state index < -0.39 is 0 Å². The Bertz CT molecular complexity index is 391. The first-order valence-corrected chi connectivity index (χ1v) is 5.61. The van der Waals surface area contributed by atoms with E-state index in [1.165, 1.54) is 27.8 Å². The Balaban J connectivity index is 0.000000487. The third kappa shape index (κ3) is 4.97. The van der Waals surface area contributed by atoms with E-state index in [9.17, 15) is 0 Å². The van der Waals surface area contributed by atoms with Crippen LogP contribution < -0.4 is 0 Å². The van der Waals surface area contributed by atoms with Crippen molar-refractivity contribution in [1.29, 1.82) is 0 Å². The minimum Gasteiger partial charge on any atom is -0.100 e. The summed E-state index contributed by atoms with van der Waals surface area (Å²) in [6.45, 7) is 19.9. The van der Waals surface area contributed by atoms with E-state index >= 15 is 0 Å². The Morgan fingerprint density at radius 2 is 1.38 bits per heavy atom. The molecule has 0 heterocycles. The highest BCUT2D eigenvalue weighted by Crippen LogP contribution is 2.21. The van der Waals surface area contributed by atoms with E-state index in [0.717, 1.165) is 5.57 Å². The molecule has 0 aromatic heterocycles. The van der Waals surface area contributed by atoms with Crippen molar-refractivity contribution in [2.24, 2.45) is 0 Å². The molecule has 0 N–H and O–H groups in total. The molecule has 0 spiro atoms. The zero-order chi connectivity index (χ0) is 12.9. The van der Waals surface area contributed by atoms with Gasteiger partial charge in [0.05, 0.1) is 0 Å². The Kier molecular flexibility index (Phi) is 5.81. The Morgan fingerprint density at radius 1 is 0.938 bits per heavy atom. The molecule has 0 amide bonds. The maximum absolute atomic E-state index is 3.97. The van der Waals surface area contributed by atoms with Gasteiger partial charge in [0.15, 0.2) is 0 Å². The molecule has 0 aliphatic heterocycles. The molecular formula is C16H24. The molecule has 1 rings (SSSR count). The van der Waals surface area contributed by atoms with Crippen molar-refractivity contribution in [3.63, 3.8) is 0 Å². The summed E-state index contributed by atoms with van der Waals surface area (Å²) < 4.78 is 0. The molecule has 0 saturated carbocycles. The first kappa shape index (κ1) is 14.7. The Labute approximate surface area is 101 Å². The number of allylic oxidation sites excluding steroid dienone is 2. The zero-order valence-corrected chi connectivity index (χ0v) is 11.6. The van der Waals surface area contributed by atoms with Gasteiger partial charge in [-0.2, -0.15) is 0 Å². The molecule has 0 heteroatoms. The summed E-state index contributed by atoms with van der Waals surface area (Å²) in [6, 6.07) is 4.41. The molecule has 0 aliphatic carbocycles. The molecule has 1 aromatic rings. The lowest BCUT2D eigenvalue weighted by molar-refractivity contribution is 1.27. The standard InChI is InChI=1S/C12H16.C4H8/c1-8(2)12-7-9(3)6-10(4)11(12)5;1-4(2)3/h6-7H,1H2,2-5H3;1H2,2-3H3. The van der Waals surface area contributed by atoms with Gasteiger partial charge in [0.2, 0.25) is 0 Å². The van der Waals surface area contributed by atoms with Gasteiger partial charge in [-0.25, -0.2) is 0 Å². The molecule has 88 valence electrons. The fourth-order valence-corrected chi connectivity index (χ4v) is 1.48. The Hall–Kier alpha value is -1.30. The molecule has 16 heavy (non-hydrogen) atoms. The van der Waals surface area contributed by atoms with Gasteiger partial charge in [-0.05, 0) is 58.2 Å². The van der Waals surface area contributed by atoms with E-state index in [1.807, 2.05) is 13.8 Å². The fourth-order valence-electron chi connectivity index (χ4n) is 1.48. The summed E-state index contributed by atoms with van der Waals surface area (Å²) in [5.41, 5.74) is 7.64. The quantitative estimate of drug-likeness (QED) is 0.564.